The second-order valence-electron chi connectivity index (χ2n) is 3.28. The van der Waals surface area contributed by atoms with Gasteiger partial charge in [0.15, 0.2) is 0 Å². The summed E-state index contributed by atoms with van der Waals surface area (Å²) in [6, 6.07) is 7.61. The number of hydrogen-bond donors (Lipinski definition) is 1. The Labute approximate surface area is 98.4 Å². The van der Waals surface area contributed by atoms with Gasteiger partial charge in [-0.2, -0.15) is 0 Å². The maximum absolute atomic E-state index is 10.7. The van der Waals surface area contributed by atoms with Crippen molar-refractivity contribution in [3.63, 3.8) is 0 Å². The highest BCUT2D eigenvalue weighted by Gasteiger charge is 2.22. The van der Waals surface area contributed by atoms with E-state index < -0.39 is 6.09 Å². The molecular weight excluding hydrogens is 230 g/mol. The predicted molar refractivity (Wildman–Crippen MR) is 62.1 cm³/mol. The summed E-state index contributed by atoms with van der Waals surface area (Å²) in [5.41, 5.74) is 1.96. The standard InChI is InChI=1S/C9H9NO2.C2H3ClO/c11-9(12)10-6-5-7-3-1-2-4-8(7)10;1-2(3)4/h1-4H,5-6H2,(H,11,12);1H3. The number of hydrogen-bond acceptors (Lipinski definition) is 2. The lowest BCUT2D eigenvalue weighted by Crippen LogP contribution is -2.26. The fraction of sp³-hybridized carbons (Fsp3) is 0.273. The summed E-state index contributed by atoms with van der Waals surface area (Å²) in [5, 5.41) is 8.42. The summed E-state index contributed by atoms with van der Waals surface area (Å²) >= 11 is 4.64. The molecule has 1 aromatic rings. The van der Waals surface area contributed by atoms with Gasteiger partial charge in [0.05, 0.1) is 5.69 Å². The molecule has 0 spiro atoms. The lowest BCUT2D eigenvalue weighted by Gasteiger charge is -2.11. The van der Waals surface area contributed by atoms with Crippen LogP contribution >= 0.6 is 11.6 Å². The van der Waals surface area contributed by atoms with Gasteiger partial charge in [-0.25, -0.2) is 4.79 Å². The van der Waals surface area contributed by atoms with Crippen molar-refractivity contribution in [2.45, 2.75) is 13.3 Å². The molecule has 1 N–H and O–H groups in total. The van der Waals surface area contributed by atoms with Crippen LogP contribution in [-0.2, 0) is 11.2 Å². The van der Waals surface area contributed by atoms with Gasteiger partial charge in [0.25, 0.3) is 0 Å². The Morgan fingerprint density at radius 1 is 1.38 bits per heavy atom. The summed E-state index contributed by atoms with van der Waals surface area (Å²) in [7, 11) is 0. The Balaban J connectivity index is 0.000000280. The molecule has 0 aliphatic carbocycles. The number of para-hydroxylation sites is 1. The van der Waals surface area contributed by atoms with Gasteiger partial charge in [-0.05, 0) is 29.7 Å². The molecule has 2 rings (SSSR count). The third-order valence-corrected chi connectivity index (χ3v) is 2.12. The molecule has 16 heavy (non-hydrogen) atoms. The number of anilines is 1. The Morgan fingerprint density at radius 3 is 2.50 bits per heavy atom. The number of carbonyl (C=O) groups is 2. The van der Waals surface area contributed by atoms with E-state index in [1.165, 1.54) is 11.8 Å². The van der Waals surface area contributed by atoms with Crippen molar-refractivity contribution in [3.8, 4) is 0 Å². The monoisotopic (exact) mass is 241 g/mol. The van der Waals surface area contributed by atoms with Crippen molar-refractivity contribution in [2.75, 3.05) is 11.4 Å². The van der Waals surface area contributed by atoms with Crippen LogP contribution in [0.4, 0.5) is 10.5 Å². The van der Waals surface area contributed by atoms with Gasteiger partial charge in [-0.3, -0.25) is 9.69 Å². The molecule has 0 bridgehead atoms. The highest BCUT2D eigenvalue weighted by atomic mass is 35.5. The molecule has 0 aromatic heterocycles. The maximum Gasteiger partial charge on any atom is 0.411 e. The molecule has 4 nitrogen and oxygen atoms in total. The quantitative estimate of drug-likeness (QED) is 0.710. The van der Waals surface area contributed by atoms with Crippen LogP contribution in [0.3, 0.4) is 0 Å². The number of rotatable bonds is 0. The van der Waals surface area contributed by atoms with E-state index in [0.29, 0.717) is 6.54 Å². The van der Waals surface area contributed by atoms with E-state index in [1.807, 2.05) is 24.3 Å². The van der Waals surface area contributed by atoms with Gasteiger partial charge < -0.3 is 5.11 Å². The number of nitrogens with zero attached hydrogens (tertiary/aromatic N) is 1. The number of amides is 1. The fourth-order valence-electron chi connectivity index (χ4n) is 1.54. The lowest BCUT2D eigenvalue weighted by atomic mass is 10.2. The summed E-state index contributed by atoms with van der Waals surface area (Å²) in [6.07, 6.45) is -0.0254. The van der Waals surface area contributed by atoms with Crippen molar-refractivity contribution in [1.82, 2.24) is 0 Å². The van der Waals surface area contributed by atoms with E-state index in [4.69, 9.17) is 5.11 Å². The zero-order valence-electron chi connectivity index (χ0n) is 8.81. The molecule has 5 heteroatoms. The first-order valence-corrected chi connectivity index (χ1v) is 5.14. The van der Waals surface area contributed by atoms with E-state index in [9.17, 15) is 9.59 Å². The molecule has 1 aliphatic heterocycles. The summed E-state index contributed by atoms with van der Waals surface area (Å²) < 4.78 is 0. The van der Waals surface area contributed by atoms with Crippen molar-refractivity contribution in [3.05, 3.63) is 29.8 Å². The molecule has 0 saturated heterocycles. The second kappa shape index (κ2) is 5.51. The molecule has 1 aromatic carbocycles. The molecule has 0 fully saturated rings. The van der Waals surface area contributed by atoms with Crippen LogP contribution in [-0.4, -0.2) is 23.0 Å². The highest BCUT2D eigenvalue weighted by molar-refractivity contribution is 6.62. The Hall–Kier alpha value is -1.55. The molecule has 1 aliphatic rings. The summed E-state index contributed by atoms with van der Waals surface area (Å²) in [5.74, 6) is 0. The minimum absolute atomic E-state index is 0.361. The minimum atomic E-state index is -0.861. The number of halogens is 1. The van der Waals surface area contributed by atoms with Gasteiger partial charge in [-0.15, -0.1) is 0 Å². The van der Waals surface area contributed by atoms with E-state index in [1.54, 1.807) is 0 Å². The molecule has 0 saturated carbocycles. The van der Waals surface area contributed by atoms with E-state index in [2.05, 4.69) is 11.6 Å². The van der Waals surface area contributed by atoms with Gasteiger partial charge in [0.1, 0.15) is 0 Å². The molecule has 86 valence electrons. The first-order chi connectivity index (χ1) is 7.52. The zero-order chi connectivity index (χ0) is 12.1. The highest BCUT2D eigenvalue weighted by Crippen LogP contribution is 2.26. The van der Waals surface area contributed by atoms with E-state index >= 15 is 0 Å². The van der Waals surface area contributed by atoms with Crippen LogP contribution in [0.15, 0.2) is 24.3 Å². The van der Waals surface area contributed by atoms with Crippen LogP contribution < -0.4 is 4.90 Å². The molecule has 1 amide bonds. The molecule has 0 radical (unpaired) electrons. The summed E-state index contributed by atoms with van der Waals surface area (Å²) in [4.78, 5) is 21.3. The SMILES string of the molecule is CC(=O)Cl.O=C(O)N1CCc2ccccc21. The van der Waals surface area contributed by atoms with Gasteiger partial charge in [-0.1, -0.05) is 18.2 Å². The average Bonchev–Trinajstić information content (AvgIpc) is 2.59. The minimum Gasteiger partial charge on any atom is -0.465 e. The molecular formula is C11H12ClNO3. The van der Waals surface area contributed by atoms with Gasteiger partial charge in [0.2, 0.25) is 5.24 Å². The topological polar surface area (TPSA) is 57.6 Å². The zero-order valence-corrected chi connectivity index (χ0v) is 9.57. The average molecular weight is 242 g/mol. The molecule has 0 atom stereocenters. The first-order valence-electron chi connectivity index (χ1n) is 4.77. The lowest BCUT2D eigenvalue weighted by molar-refractivity contribution is -0.109. The molecule has 1 heterocycles. The Bertz CT molecular complexity index is 402. The van der Waals surface area contributed by atoms with Crippen LogP contribution in [0.2, 0.25) is 0 Å². The third kappa shape index (κ3) is 3.24. The summed E-state index contributed by atoms with van der Waals surface area (Å²) in [6.45, 7) is 1.89. The maximum atomic E-state index is 10.7. The van der Waals surface area contributed by atoms with Crippen LogP contribution in [0.5, 0.6) is 0 Å². The van der Waals surface area contributed by atoms with Crippen molar-refractivity contribution in [1.29, 1.82) is 0 Å². The fourth-order valence-corrected chi connectivity index (χ4v) is 1.54. The number of carbonyl (C=O) groups excluding carboxylic acids is 1. The molecule has 0 unspecified atom stereocenters. The van der Waals surface area contributed by atoms with Gasteiger partial charge in [0, 0.05) is 13.5 Å². The van der Waals surface area contributed by atoms with Crippen LogP contribution in [0, 0.1) is 0 Å². The Kier molecular flexibility index (Phi) is 4.31. The van der Waals surface area contributed by atoms with Crippen LogP contribution in [0.25, 0.3) is 0 Å². The third-order valence-electron chi connectivity index (χ3n) is 2.12. The largest absolute Gasteiger partial charge is 0.465 e. The van der Waals surface area contributed by atoms with Crippen molar-refractivity contribution >= 4 is 28.6 Å². The van der Waals surface area contributed by atoms with E-state index in [0.717, 1.165) is 17.7 Å². The normalized spacial score (nSPS) is 12.5. The van der Waals surface area contributed by atoms with Crippen LogP contribution in [0.1, 0.15) is 12.5 Å². The smallest absolute Gasteiger partial charge is 0.411 e. The predicted octanol–water partition coefficient (Wildman–Crippen LogP) is 2.50. The number of fused-ring (bicyclic) bond motifs is 1. The first kappa shape index (κ1) is 12.5. The number of benzene rings is 1. The van der Waals surface area contributed by atoms with Crippen molar-refractivity contribution < 1.29 is 14.7 Å². The number of carboxylic acid groups (broad SMARTS) is 1. The van der Waals surface area contributed by atoms with Crippen molar-refractivity contribution in [2.24, 2.45) is 0 Å². The van der Waals surface area contributed by atoms with Gasteiger partial charge >= 0.3 is 6.09 Å². The Morgan fingerprint density at radius 2 is 1.94 bits per heavy atom. The van der Waals surface area contributed by atoms with E-state index in [-0.39, 0.29) is 5.24 Å². The second-order valence-corrected chi connectivity index (χ2v) is 3.82.